The number of nitrogens with zero attached hydrogens (tertiary/aromatic N) is 2. The summed E-state index contributed by atoms with van der Waals surface area (Å²) in [6.07, 6.45) is 4.23. The van der Waals surface area contributed by atoms with Crippen molar-refractivity contribution in [3.63, 3.8) is 0 Å². The third-order valence-electron chi connectivity index (χ3n) is 6.21. The van der Waals surface area contributed by atoms with Gasteiger partial charge in [-0.25, -0.2) is 8.42 Å². The highest BCUT2D eigenvalue weighted by Crippen LogP contribution is 2.31. The fraction of sp³-hybridized carbons (Fsp3) is 0.652. The van der Waals surface area contributed by atoms with E-state index in [4.69, 9.17) is 0 Å². The average molecular weight is 450 g/mol. The number of benzene rings is 1. The van der Waals surface area contributed by atoms with Crippen LogP contribution in [0.1, 0.15) is 58.4 Å². The van der Waals surface area contributed by atoms with E-state index in [9.17, 15) is 18.0 Å². The van der Waals surface area contributed by atoms with E-state index in [0.717, 1.165) is 24.8 Å². The summed E-state index contributed by atoms with van der Waals surface area (Å²) in [4.78, 5) is 26.9. The third-order valence-corrected chi connectivity index (χ3v) is 8.10. The Morgan fingerprint density at radius 1 is 1.19 bits per heavy atom. The normalized spacial score (nSPS) is 18.7. The standard InChI is InChI=1S/C23H35N3O4S/c1-17(2)9-12-24-22(27)16-26-21-8-7-20(15-19(21)5-4-6-23(26)28)31(29,30)25-13-10-18(3)11-14-25/h7-8,15,17-18H,4-6,9-14,16H2,1-3H3,(H,24,27). The Kier molecular flexibility index (Phi) is 7.75. The third kappa shape index (κ3) is 5.86. The molecule has 2 aliphatic heterocycles. The van der Waals surface area contributed by atoms with E-state index >= 15 is 0 Å². The van der Waals surface area contributed by atoms with E-state index in [1.54, 1.807) is 22.5 Å². The number of nitrogens with one attached hydrogen (secondary N) is 1. The zero-order valence-corrected chi connectivity index (χ0v) is 19.7. The molecule has 3 rings (SSSR count). The van der Waals surface area contributed by atoms with E-state index < -0.39 is 10.0 Å². The molecular formula is C23H35N3O4S. The van der Waals surface area contributed by atoms with Crippen LogP contribution in [0.25, 0.3) is 0 Å². The Hall–Kier alpha value is -1.93. The van der Waals surface area contributed by atoms with Gasteiger partial charge in [-0.1, -0.05) is 20.8 Å². The number of amides is 2. The first kappa shape index (κ1) is 23.7. The summed E-state index contributed by atoms with van der Waals surface area (Å²) in [5, 5.41) is 2.88. The Labute approximate surface area is 186 Å². The molecule has 1 fully saturated rings. The zero-order valence-electron chi connectivity index (χ0n) is 18.9. The maximum atomic E-state index is 13.1. The van der Waals surface area contributed by atoms with Crippen molar-refractivity contribution >= 4 is 27.5 Å². The number of carbonyl (C=O) groups is 2. The molecule has 8 heteroatoms. The van der Waals surface area contributed by atoms with Gasteiger partial charge in [-0.15, -0.1) is 0 Å². The minimum Gasteiger partial charge on any atom is -0.355 e. The number of fused-ring (bicyclic) bond motifs is 1. The van der Waals surface area contributed by atoms with Crippen LogP contribution in [0.3, 0.4) is 0 Å². The van der Waals surface area contributed by atoms with Crippen LogP contribution in [0, 0.1) is 11.8 Å². The van der Waals surface area contributed by atoms with Gasteiger partial charge >= 0.3 is 0 Å². The first-order chi connectivity index (χ1) is 14.7. The van der Waals surface area contributed by atoms with Gasteiger partial charge in [0.15, 0.2) is 0 Å². The Balaban J connectivity index is 1.79. The molecule has 0 spiro atoms. The number of hydrogen-bond acceptors (Lipinski definition) is 4. The van der Waals surface area contributed by atoms with Crippen LogP contribution in [0.15, 0.2) is 23.1 Å². The zero-order chi connectivity index (χ0) is 22.6. The maximum absolute atomic E-state index is 13.1. The highest BCUT2D eigenvalue weighted by atomic mass is 32.2. The van der Waals surface area contributed by atoms with Crippen LogP contribution in [0.2, 0.25) is 0 Å². The van der Waals surface area contributed by atoms with Gasteiger partial charge in [0.25, 0.3) is 0 Å². The van der Waals surface area contributed by atoms with Crippen molar-refractivity contribution in [1.29, 1.82) is 0 Å². The van der Waals surface area contributed by atoms with Crippen molar-refractivity contribution in [2.75, 3.05) is 31.1 Å². The van der Waals surface area contributed by atoms with Crippen LogP contribution in [-0.2, 0) is 26.0 Å². The lowest BCUT2D eigenvalue weighted by molar-refractivity contribution is -0.123. The van der Waals surface area contributed by atoms with Crippen LogP contribution in [0.4, 0.5) is 5.69 Å². The number of rotatable bonds is 7. The largest absolute Gasteiger partial charge is 0.355 e. The van der Waals surface area contributed by atoms with E-state index in [0.29, 0.717) is 56.4 Å². The maximum Gasteiger partial charge on any atom is 0.243 e. The van der Waals surface area contributed by atoms with E-state index in [1.807, 2.05) is 0 Å². The molecule has 1 saturated heterocycles. The van der Waals surface area contributed by atoms with Crippen LogP contribution in [-0.4, -0.2) is 50.7 Å². The number of carbonyl (C=O) groups excluding carboxylic acids is 2. The predicted octanol–water partition coefficient (Wildman–Crippen LogP) is 2.94. The molecule has 0 unspecified atom stereocenters. The van der Waals surface area contributed by atoms with Crippen LogP contribution in [0.5, 0.6) is 0 Å². The van der Waals surface area contributed by atoms with Gasteiger partial charge in [-0.05, 0) is 67.7 Å². The Morgan fingerprint density at radius 3 is 2.58 bits per heavy atom. The highest BCUT2D eigenvalue weighted by Gasteiger charge is 2.30. The van der Waals surface area contributed by atoms with Crippen molar-refractivity contribution in [2.45, 2.75) is 64.2 Å². The lowest BCUT2D eigenvalue weighted by Gasteiger charge is -2.30. The second-order valence-corrected chi connectivity index (χ2v) is 11.2. The minimum absolute atomic E-state index is 0.0416. The number of hydrogen-bond donors (Lipinski definition) is 1. The monoisotopic (exact) mass is 449 g/mol. The van der Waals surface area contributed by atoms with Gasteiger partial charge in [-0.2, -0.15) is 4.31 Å². The van der Waals surface area contributed by atoms with Crippen LogP contribution >= 0.6 is 0 Å². The summed E-state index contributed by atoms with van der Waals surface area (Å²) in [7, 11) is -3.55. The predicted molar refractivity (Wildman–Crippen MR) is 121 cm³/mol. The number of piperidine rings is 1. The number of aryl methyl sites for hydroxylation is 1. The van der Waals surface area contributed by atoms with Crippen molar-refractivity contribution < 1.29 is 18.0 Å². The first-order valence-corrected chi connectivity index (χ1v) is 12.8. The first-order valence-electron chi connectivity index (χ1n) is 11.4. The molecule has 7 nitrogen and oxygen atoms in total. The lowest BCUT2D eigenvalue weighted by atomic mass is 10.0. The van der Waals surface area contributed by atoms with Crippen LogP contribution < -0.4 is 10.2 Å². The summed E-state index contributed by atoms with van der Waals surface area (Å²) >= 11 is 0. The molecule has 1 aromatic rings. The van der Waals surface area contributed by atoms with Crippen molar-refractivity contribution in [2.24, 2.45) is 11.8 Å². The van der Waals surface area contributed by atoms with Gasteiger partial charge in [-0.3, -0.25) is 9.59 Å². The van der Waals surface area contributed by atoms with Gasteiger partial charge in [0.05, 0.1) is 4.90 Å². The number of sulfonamides is 1. The second kappa shape index (κ2) is 10.1. The van der Waals surface area contributed by atoms with Gasteiger partial charge in [0.2, 0.25) is 21.8 Å². The fourth-order valence-electron chi connectivity index (χ4n) is 4.13. The topological polar surface area (TPSA) is 86.8 Å². The van der Waals surface area contributed by atoms with E-state index in [2.05, 4.69) is 26.1 Å². The molecule has 0 bridgehead atoms. The molecule has 1 N–H and O–H groups in total. The van der Waals surface area contributed by atoms with E-state index in [1.165, 1.54) is 4.90 Å². The summed E-state index contributed by atoms with van der Waals surface area (Å²) in [6, 6.07) is 4.97. The fourth-order valence-corrected chi connectivity index (χ4v) is 5.65. The Bertz CT molecular complexity index is 905. The molecule has 0 atom stereocenters. The summed E-state index contributed by atoms with van der Waals surface area (Å²) in [5.41, 5.74) is 1.46. The smallest absolute Gasteiger partial charge is 0.243 e. The molecular weight excluding hydrogens is 414 g/mol. The minimum atomic E-state index is -3.55. The SMILES string of the molecule is CC(C)CCNC(=O)CN1C(=O)CCCc2cc(S(=O)(=O)N3CCC(C)CC3)ccc21. The second-order valence-electron chi connectivity index (χ2n) is 9.24. The molecule has 2 aliphatic rings. The Morgan fingerprint density at radius 2 is 1.90 bits per heavy atom. The highest BCUT2D eigenvalue weighted by molar-refractivity contribution is 7.89. The van der Waals surface area contributed by atoms with Crippen molar-refractivity contribution in [3.05, 3.63) is 23.8 Å². The molecule has 0 aliphatic carbocycles. The average Bonchev–Trinajstić information content (AvgIpc) is 2.86. The van der Waals surface area contributed by atoms with Gasteiger partial charge in [0.1, 0.15) is 6.54 Å². The summed E-state index contributed by atoms with van der Waals surface area (Å²) < 4.78 is 27.9. The quantitative estimate of drug-likeness (QED) is 0.693. The number of anilines is 1. The lowest BCUT2D eigenvalue weighted by Crippen LogP contribution is -2.41. The molecule has 31 heavy (non-hydrogen) atoms. The summed E-state index contributed by atoms with van der Waals surface area (Å²) in [5.74, 6) is 0.744. The molecule has 1 aromatic carbocycles. The van der Waals surface area contributed by atoms with Gasteiger partial charge in [0, 0.05) is 31.7 Å². The van der Waals surface area contributed by atoms with E-state index in [-0.39, 0.29) is 23.3 Å². The van der Waals surface area contributed by atoms with Gasteiger partial charge < -0.3 is 10.2 Å². The molecule has 2 amide bonds. The molecule has 172 valence electrons. The molecule has 2 heterocycles. The molecule has 0 aromatic heterocycles. The van der Waals surface area contributed by atoms with Crippen molar-refractivity contribution in [1.82, 2.24) is 9.62 Å². The summed E-state index contributed by atoms with van der Waals surface area (Å²) in [6.45, 7) is 7.96. The molecule has 0 radical (unpaired) electrons. The van der Waals surface area contributed by atoms with Crippen molar-refractivity contribution in [3.8, 4) is 0 Å². The molecule has 0 saturated carbocycles.